The summed E-state index contributed by atoms with van der Waals surface area (Å²) in [5, 5.41) is 3.84. The van der Waals surface area contributed by atoms with Crippen molar-refractivity contribution in [2.24, 2.45) is 0 Å². The van der Waals surface area contributed by atoms with Gasteiger partial charge >= 0.3 is 0 Å². The molecule has 4 aromatic rings. The molecular weight excluding hydrogens is 276 g/mol. The number of fused-ring (bicyclic) bond motifs is 3. The van der Waals surface area contributed by atoms with Crippen molar-refractivity contribution in [2.75, 3.05) is 0 Å². The van der Waals surface area contributed by atoms with Gasteiger partial charge in [0.15, 0.2) is 0 Å². The van der Waals surface area contributed by atoms with E-state index in [0.717, 1.165) is 5.65 Å². The van der Waals surface area contributed by atoms with E-state index in [1.807, 2.05) is 18.0 Å². The number of hydrogen-bond acceptors (Lipinski definition) is 2. The van der Waals surface area contributed by atoms with Crippen molar-refractivity contribution >= 4 is 39.1 Å². The Balaban J connectivity index is 2.21. The molecule has 0 spiro atoms. The van der Waals surface area contributed by atoms with E-state index in [-0.39, 0.29) is 4.75 Å². The van der Waals surface area contributed by atoms with Gasteiger partial charge in [-0.05, 0) is 25.3 Å². The van der Waals surface area contributed by atoms with Crippen LogP contribution in [0.3, 0.4) is 0 Å². The van der Waals surface area contributed by atoms with Crippen LogP contribution in [0.4, 0.5) is 0 Å². The molecule has 2 aromatic heterocycles. The Morgan fingerprint density at radius 1 is 0.952 bits per heavy atom. The largest absolute Gasteiger partial charge is 0.294 e. The first-order valence-electron chi connectivity index (χ1n) is 7.17. The van der Waals surface area contributed by atoms with Crippen LogP contribution in [-0.2, 0) is 4.75 Å². The second kappa shape index (κ2) is 3.60. The number of para-hydroxylation sites is 1. The fraction of sp³-hybridized carbons (Fsp3) is 0.167. The van der Waals surface area contributed by atoms with Gasteiger partial charge in [0.2, 0.25) is 0 Å². The molecule has 0 N–H and O–H groups in total. The zero-order valence-corrected chi connectivity index (χ0v) is 12.7. The molecule has 1 aliphatic heterocycles. The third-order valence-electron chi connectivity index (χ3n) is 4.42. The van der Waals surface area contributed by atoms with Crippen molar-refractivity contribution in [3.05, 3.63) is 54.4 Å². The predicted molar refractivity (Wildman–Crippen MR) is 89.1 cm³/mol. The Labute approximate surface area is 126 Å². The number of hydrogen-bond donors (Lipinski definition) is 0. The molecule has 0 aliphatic carbocycles. The molecule has 102 valence electrons. The van der Waals surface area contributed by atoms with Crippen LogP contribution in [0.25, 0.3) is 27.3 Å². The molecular formula is C18H14N2S. The molecule has 0 amide bonds. The van der Waals surface area contributed by atoms with E-state index in [4.69, 9.17) is 4.98 Å². The Bertz CT molecular complexity index is 1040. The molecule has 3 heterocycles. The second-order valence-corrected chi connectivity index (χ2v) is 7.78. The van der Waals surface area contributed by atoms with Crippen molar-refractivity contribution in [2.45, 2.75) is 23.5 Å². The first kappa shape index (κ1) is 11.6. The van der Waals surface area contributed by atoms with Crippen LogP contribution in [0, 0.1) is 0 Å². The number of nitrogens with zero attached hydrogens (tertiary/aromatic N) is 2. The third-order valence-corrected chi connectivity index (χ3v) is 5.69. The topological polar surface area (TPSA) is 17.3 Å². The van der Waals surface area contributed by atoms with E-state index in [1.54, 1.807) is 0 Å². The normalized spacial score (nSPS) is 16.3. The molecule has 2 nitrogen and oxygen atoms in total. The molecule has 21 heavy (non-hydrogen) atoms. The molecule has 5 rings (SSSR count). The van der Waals surface area contributed by atoms with Gasteiger partial charge in [-0.3, -0.25) is 4.40 Å². The molecule has 0 saturated heterocycles. The maximum Gasteiger partial charge on any atom is 0.145 e. The highest BCUT2D eigenvalue weighted by molar-refractivity contribution is 8.00. The van der Waals surface area contributed by atoms with E-state index < -0.39 is 0 Å². The molecule has 0 unspecified atom stereocenters. The highest BCUT2D eigenvalue weighted by atomic mass is 32.2. The van der Waals surface area contributed by atoms with Crippen LogP contribution in [0.2, 0.25) is 0 Å². The van der Waals surface area contributed by atoms with Crippen molar-refractivity contribution in [1.82, 2.24) is 9.38 Å². The molecule has 1 aliphatic rings. The van der Waals surface area contributed by atoms with Gasteiger partial charge in [-0.2, -0.15) is 0 Å². The quantitative estimate of drug-likeness (QED) is 0.425. The maximum atomic E-state index is 4.75. The van der Waals surface area contributed by atoms with Gasteiger partial charge < -0.3 is 0 Å². The van der Waals surface area contributed by atoms with Gasteiger partial charge in [-0.25, -0.2) is 4.98 Å². The molecule has 0 radical (unpaired) electrons. The molecule has 2 aromatic carbocycles. The van der Waals surface area contributed by atoms with E-state index >= 15 is 0 Å². The molecule has 0 saturated carbocycles. The van der Waals surface area contributed by atoms with Crippen LogP contribution in [0.1, 0.15) is 19.5 Å². The summed E-state index contributed by atoms with van der Waals surface area (Å²) in [6, 6.07) is 15.2. The summed E-state index contributed by atoms with van der Waals surface area (Å²) >= 11 is 1.93. The van der Waals surface area contributed by atoms with Crippen molar-refractivity contribution in [3.8, 4) is 0 Å². The van der Waals surface area contributed by atoms with E-state index in [1.165, 1.54) is 32.3 Å². The van der Waals surface area contributed by atoms with Crippen molar-refractivity contribution in [1.29, 1.82) is 0 Å². The number of thioether (sulfide) groups is 1. The Hall–Kier alpha value is -2.00. The number of benzene rings is 2. The molecule has 3 heteroatoms. The second-order valence-electron chi connectivity index (χ2n) is 6.11. The lowest BCUT2D eigenvalue weighted by Gasteiger charge is -2.30. The number of aromatic nitrogens is 2. The minimum Gasteiger partial charge on any atom is -0.294 e. The SMILES string of the molecule is CC1(C)Sc2cccc3c4ccccc4c4ncc1n4c23. The summed E-state index contributed by atoms with van der Waals surface area (Å²) in [5.74, 6) is 0. The Morgan fingerprint density at radius 3 is 2.57 bits per heavy atom. The monoisotopic (exact) mass is 290 g/mol. The summed E-state index contributed by atoms with van der Waals surface area (Å²) in [5.41, 5.74) is 3.67. The molecule has 0 atom stereocenters. The number of rotatable bonds is 0. The predicted octanol–water partition coefficient (Wildman–Crippen LogP) is 4.98. The van der Waals surface area contributed by atoms with Crippen molar-refractivity contribution < 1.29 is 0 Å². The first-order chi connectivity index (χ1) is 10.2. The van der Waals surface area contributed by atoms with E-state index in [2.05, 4.69) is 60.7 Å². The Kier molecular flexibility index (Phi) is 2.00. The average molecular weight is 290 g/mol. The van der Waals surface area contributed by atoms with Crippen molar-refractivity contribution in [3.63, 3.8) is 0 Å². The summed E-state index contributed by atoms with van der Waals surface area (Å²) in [7, 11) is 0. The minimum atomic E-state index is 0.0448. The number of pyridine rings is 1. The summed E-state index contributed by atoms with van der Waals surface area (Å²) < 4.78 is 2.41. The highest BCUT2D eigenvalue weighted by Crippen LogP contribution is 2.49. The number of imidazole rings is 1. The highest BCUT2D eigenvalue weighted by Gasteiger charge is 2.32. The van der Waals surface area contributed by atoms with Gasteiger partial charge in [-0.15, -0.1) is 11.8 Å². The van der Waals surface area contributed by atoms with E-state index in [0.29, 0.717) is 0 Å². The third kappa shape index (κ3) is 1.32. The van der Waals surface area contributed by atoms with Crippen LogP contribution < -0.4 is 0 Å². The zero-order chi connectivity index (χ0) is 14.2. The smallest absolute Gasteiger partial charge is 0.145 e. The van der Waals surface area contributed by atoms with Crippen LogP contribution in [0.5, 0.6) is 0 Å². The minimum absolute atomic E-state index is 0.0448. The lowest BCUT2D eigenvalue weighted by atomic mass is 10.0. The van der Waals surface area contributed by atoms with E-state index in [9.17, 15) is 0 Å². The summed E-state index contributed by atoms with van der Waals surface area (Å²) in [6.07, 6.45) is 2.05. The van der Waals surface area contributed by atoms with Gasteiger partial charge in [0.1, 0.15) is 5.65 Å². The average Bonchev–Trinajstić information content (AvgIpc) is 2.93. The maximum absolute atomic E-state index is 4.75. The fourth-order valence-corrected chi connectivity index (χ4v) is 4.73. The fourth-order valence-electron chi connectivity index (χ4n) is 3.49. The van der Waals surface area contributed by atoms with Gasteiger partial charge in [0.05, 0.1) is 22.2 Å². The van der Waals surface area contributed by atoms with Gasteiger partial charge in [0, 0.05) is 15.7 Å². The van der Waals surface area contributed by atoms with Crippen LogP contribution >= 0.6 is 11.8 Å². The summed E-state index contributed by atoms with van der Waals surface area (Å²) in [6.45, 7) is 4.55. The summed E-state index contributed by atoms with van der Waals surface area (Å²) in [4.78, 5) is 6.09. The van der Waals surface area contributed by atoms with Gasteiger partial charge in [0.25, 0.3) is 0 Å². The zero-order valence-electron chi connectivity index (χ0n) is 11.9. The standard InChI is InChI=1S/C18H14N2S/c1-18(2)15-10-19-17-13-7-4-3-6-11(13)12-8-5-9-14(21-18)16(12)20(15)17/h3-10H,1-2H3. The lowest BCUT2D eigenvalue weighted by Crippen LogP contribution is -2.19. The van der Waals surface area contributed by atoms with Crippen LogP contribution in [0.15, 0.2) is 53.6 Å². The Morgan fingerprint density at radius 2 is 1.71 bits per heavy atom. The van der Waals surface area contributed by atoms with Crippen LogP contribution in [-0.4, -0.2) is 9.38 Å². The van der Waals surface area contributed by atoms with Gasteiger partial charge in [-0.1, -0.05) is 36.4 Å². The molecule has 0 bridgehead atoms. The molecule has 0 fully saturated rings. The lowest BCUT2D eigenvalue weighted by molar-refractivity contribution is 0.733. The first-order valence-corrected chi connectivity index (χ1v) is 7.99.